The first-order valence-electron chi connectivity index (χ1n) is 11.6. The molecule has 0 saturated carbocycles. The number of fused-ring (bicyclic) bond motifs is 1. The quantitative estimate of drug-likeness (QED) is 0.704. The Morgan fingerprint density at radius 3 is 2.50 bits per heavy atom. The molecule has 0 unspecified atom stereocenters. The number of nitrogens with zero attached hydrogens (tertiary/aromatic N) is 4. The maximum Gasteiger partial charge on any atom is 0.312 e. The van der Waals surface area contributed by atoms with Gasteiger partial charge >= 0.3 is 11.8 Å². The van der Waals surface area contributed by atoms with E-state index >= 15 is 0 Å². The second-order valence-corrected chi connectivity index (χ2v) is 9.56. The summed E-state index contributed by atoms with van der Waals surface area (Å²) >= 11 is 0. The molecule has 0 aliphatic carbocycles. The molecule has 2 aliphatic heterocycles. The standard InChI is InChI=1S/C24H35N5O3/c1-6-7-8-20-19-15-32-24(4,5)13-17(19)18(14-25)21(27-20)28-9-11-29(12-10-28)23(31)22(30)26-16(2)3/h16H,6-13,15H2,1-5H3,(H,26,30). The summed E-state index contributed by atoms with van der Waals surface area (Å²) in [5.41, 5.74) is 3.43. The second-order valence-electron chi connectivity index (χ2n) is 9.56. The Kier molecular flexibility index (Phi) is 7.40. The maximum atomic E-state index is 12.4. The Morgan fingerprint density at radius 1 is 1.22 bits per heavy atom. The van der Waals surface area contributed by atoms with Crippen LogP contribution in [0.15, 0.2) is 0 Å². The first-order chi connectivity index (χ1) is 15.2. The van der Waals surface area contributed by atoms with Crippen LogP contribution in [0.25, 0.3) is 0 Å². The zero-order chi connectivity index (χ0) is 23.5. The topological polar surface area (TPSA) is 98.6 Å². The number of aryl methyl sites for hydroxylation is 1. The summed E-state index contributed by atoms with van der Waals surface area (Å²) in [6.45, 7) is 12.3. The maximum absolute atomic E-state index is 12.4. The Hall–Kier alpha value is -2.66. The molecule has 0 spiro atoms. The molecule has 8 heteroatoms. The molecule has 0 aromatic carbocycles. The highest BCUT2D eigenvalue weighted by Crippen LogP contribution is 2.36. The van der Waals surface area contributed by atoms with E-state index in [1.165, 1.54) is 0 Å². The van der Waals surface area contributed by atoms with E-state index in [0.29, 0.717) is 50.6 Å². The van der Waals surface area contributed by atoms with Gasteiger partial charge in [0.2, 0.25) is 0 Å². The Morgan fingerprint density at radius 2 is 1.91 bits per heavy atom. The average molecular weight is 442 g/mol. The van der Waals surface area contributed by atoms with E-state index < -0.39 is 11.8 Å². The van der Waals surface area contributed by atoms with E-state index in [4.69, 9.17) is 9.72 Å². The van der Waals surface area contributed by atoms with Gasteiger partial charge in [-0.2, -0.15) is 5.26 Å². The van der Waals surface area contributed by atoms with Gasteiger partial charge in [-0.05, 0) is 46.1 Å². The van der Waals surface area contributed by atoms with Gasteiger partial charge in [-0.25, -0.2) is 4.98 Å². The Labute approximate surface area is 190 Å². The molecular formula is C24H35N5O3. The van der Waals surface area contributed by atoms with Crippen LogP contribution in [0, 0.1) is 11.3 Å². The van der Waals surface area contributed by atoms with Crippen molar-refractivity contribution in [2.45, 2.75) is 78.6 Å². The lowest BCUT2D eigenvalue weighted by Crippen LogP contribution is -2.53. The van der Waals surface area contributed by atoms with Gasteiger partial charge in [0.15, 0.2) is 0 Å². The molecule has 1 saturated heterocycles. The number of nitrogens with one attached hydrogen (secondary N) is 1. The fourth-order valence-electron chi connectivity index (χ4n) is 4.31. The van der Waals surface area contributed by atoms with Gasteiger partial charge in [0.05, 0.1) is 17.8 Å². The highest BCUT2D eigenvalue weighted by Gasteiger charge is 2.34. The summed E-state index contributed by atoms with van der Waals surface area (Å²) in [6, 6.07) is 2.33. The van der Waals surface area contributed by atoms with E-state index in [9.17, 15) is 14.9 Å². The van der Waals surface area contributed by atoms with Crippen molar-refractivity contribution >= 4 is 17.6 Å². The van der Waals surface area contributed by atoms with E-state index in [1.807, 2.05) is 13.8 Å². The summed E-state index contributed by atoms with van der Waals surface area (Å²) in [5, 5.41) is 12.7. The summed E-state index contributed by atoms with van der Waals surface area (Å²) in [5.74, 6) is -0.365. The molecule has 3 heterocycles. The number of amides is 2. The van der Waals surface area contributed by atoms with E-state index in [1.54, 1.807) is 4.90 Å². The lowest BCUT2D eigenvalue weighted by atomic mass is 9.87. The fourth-order valence-corrected chi connectivity index (χ4v) is 4.31. The number of pyridine rings is 1. The van der Waals surface area contributed by atoms with Crippen LogP contribution in [0.3, 0.4) is 0 Å². The lowest BCUT2D eigenvalue weighted by molar-refractivity contribution is -0.146. The largest absolute Gasteiger partial charge is 0.370 e. The highest BCUT2D eigenvalue weighted by atomic mass is 16.5. The monoisotopic (exact) mass is 441 g/mol. The minimum absolute atomic E-state index is 0.0830. The van der Waals surface area contributed by atoms with Crippen molar-refractivity contribution in [2.75, 3.05) is 31.1 Å². The first-order valence-corrected chi connectivity index (χ1v) is 11.6. The van der Waals surface area contributed by atoms with Gasteiger partial charge in [-0.1, -0.05) is 13.3 Å². The number of carbonyl (C=O) groups is 2. The van der Waals surface area contributed by atoms with Crippen molar-refractivity contribution in [1.82, 2.24) is 15.2 Å². The van der Waals surface area contributed by atoms with E-state index in [2.05, 4.69) is 37.1 Å². The van der Waals surface area contributed by atoms with Gasteiger partial charge in [0.1, 0.15) is 11.9 Å². The summed E-state index contributed by atoms with van der Waals surface area (Å²) in [6.07, 6.45) is 3.63. The van der Waals surface area contributed by atoms with Crippen molar-refractivity contribution in [3.05, 3.63) is 22.4 Å². The minimum atomic E-state index is -0.567. The number of aromatic nitrogens is 1. The third kappa shape index (κ3) is 5.21. The molecular weight excluding hydrogens is 406 g/mol. The number of carbonyl (C=O) groups excluding carboxylic acids is 2. The van der Waals surface area contributed by atoms with Crippen molar-refractivity contribution in [1.29, 1.82) is 5.26 Å². The van der Waals surface area contributed by atoms with Crippen molar-refractivity contribution in [3.8, 4) is 6.07 Å². The molecule has 1 aromatic rings. The number of unbranched alkanes of at least 4 members (excludes halogenated alkanes) is 1. The molecule has 0 radical (unpaired) electrons. The molecule has 0 bridgehead atoms. The molecule has 2 amide bonds. The molecule has 1 N–H and O–H groups in total. The van der Waals surface area contributed by atoms with Gasteiger partial charge in [-0.3, -0.25) is 9.59 Å². The second kappa shape index (κ2) is 9.86. The van der Waals surface area contributed by atoms with Crippen LogP contribution < -0.4 is 10.2 Å². The number of anilines is 1. The van der Waals surface area contributed by atoms with Crippen LogP contribution in [0.4, 0.5) is 5.82 Å². The molecule has 32 heavy (non-hydrogen) atoms. The Balaban J connectivity index is 1.86. The highest BCUT2D eigenvalue weighted by molar-refractivity contribution is 6.35. The molecule has 2 aliphatic rings. The van der Waals surface area contributed by atoms with Gasteiger partial charge in [-0.15, -0.1) is 0 Å². The van der Waals surface area contributed by atoms with Crippen LogP contribution >= 0.6 is 0 Å². The van der Waals surface area contributed by atoms with Crippen LogP contribution in [0.1, 0.15) is 69.8 Å². The molecule has 8 nitrogen and oxygen atoms in total. The summed E-state index contributed by atoms with van der Waals surface area (Å²) < 4.78 is 6.04. The Bertz CT molecular complexity index is 911. The zero-order valence-corrected chi connectivity index (χ0v) is 20.0. The number of nitriles is 1. The molecule has 3 rings (SSSR count). The summed E-state index contributed by atoms with van der Waals surface area (Å²) in [4.78, 5) is 33.1. The summed E-state index contributed by atoms with van der Waals surface area (Å²) in [7, 11) is 0. The van der Waals surface area contributed by atoms with Crippen LogP contribution in [0.5, 0.6) is 0 Å². The zero-order valence-electron chi connectivity index (χ0n) is 20.0. The van der Waals surface area contributed by atoms with Crippen LogP contribution in [-0.4, -0.2) is 59.5 Å². The number of hydrogen-bond acceptors (Lipinski definition) is 6. The third-order valence-electron chi connectivity index (χ3n) is 6.05. The van der Waals surface area contributed by atoms with Crippen LogP contribution in [-0.2, 0) is 33.8 Å². The number of rotatable bonds is 5. The molecule has 1 fully saturated rings. The predicted molar refractivity (Wildman–Crippen MR) is 122 cm³/mol. The minimum Gasteiger partial charge on any atom is -0.370 e. The van der Waals surface area contributed by atoms with Crippen molar-refractivity contribution < 1.29 is 14.3 Å². The van der Waals surface area contributed by atoms with Crippen molar-refractivity contribution in [3.63, 3.8) is 0 Å². The molecule has 174 valence electrons. The molecule has 0 atom stereocenters. The first kappa shape index (κ1) is 24.0. The lowest BCUT2D eigenvalue weighted by Gasteiger charge is -2.38. The number of ether oxygens (including phenoxy) is 1. The fraction of sp³-hybridized carbons (Fsp3) is 0.667. The van der Waals surface area contributed by atoms with Gasteiger partial charge in [0.25, 0.3) is 0 Å². The predicted octanol–water partition coefficient (Wildman–Crippen LogP) is 2.32. The van der Waals surface area contributed by atoms with Gasteiger partial charge < -0.3 is 19.9 Å². The van der Waals surface area contributed by atoms with Crippen LogP contribution in [0.2, 0.25) is 0 Å². The van der Waals surface area contributed by atoms with E-state index in [0.717, 1.165) is 36.1 Å². The average Bonchev–Trinajstić information content (AvgIpc) is 2.75. The normalized spacial score (nSPS) is 17.7. The molecule has 1 aromatic heterocycles. The smallest absolute Gasteiger partial charge is 0.312 e. The third-order valence-corrected chi connectivity index (χ3v) is 6.05. The number of hydrogen-bond donors (Lipinski definition) is 1. The van der Waals surface area contributed by atoms with E-state index in [-0.39, 0.29) is 11.6 Å². The van der Waals surface area contributed by atoms with Crippen molar-refractivity contribution in [2.24, 2.45) is 0 Å². The number of piperazine rings is 1. The SMILES string of the molecule is CCCCc1nc(N2CCN(C(=O)C(=O)NC(C)C)CC2)c(C#N)c2c1COC(C)(C)C2. The van der Waals surface area contributed by atoms with Gasteiger partial charge in [0, 0.05) is 49.9 Å².